The van der Waals surface area contributed by atoms with Crippen LogP contribution in [0.4, 0.5) is 10.1 Å². The first-order valence-corrected chi connectivity index (χ1v) is 8.04. The molecule has 0 bridgehead atoms. The molecular weight excluding hydrogens is 325 g/mol. The number of nitrogens with zero attached hydrogens (tertiary/aromatic N) is 3. The molecule has 1 aromatic rings. The summed E-state index contributed by atoms with van der Waals surface area (Å²) in [5, 5.41) is 0. The number of Topliss-reactive ketones (excluding diaryl/α,β-unsaturated/α-hetero) is 1. The summed E-state index contributed by atoms with van der Waals surface area (Å²) in [5.74, 6) is -1.08. The zero-order chi connectivity index (χ0) is 18.6. The Morgan fingerprint density at radius 2 is 1.88 bits per heavy atom. The van der Waals surface area contributed by atoms with Gasteiger partial charge in [-0.15, -0.1) is 0 Å². The van der Waals surface area contributed by atoms with Gasteiger partial charge < -0.3 is 14.7 Å². The Hall–Kier alpha value is -2.70. The minimum atomic E-state index is -0.441. The molecule has 0 unspecified atom stereocenters. The lowest BCUT2D eigenvalue weighted by atomic mass is 10.1. The summed E-state index contributed by atoms with van der Waals surface area (Å²) in [4.78, 5) is 39.8. The number of anilines is 1. The molecule has 0 N–H and O–H groups in total. The van der Waals surface area contributed by atoms with Crippen LogP contribution in [0.15, 0.2) is 30.9 Å². The second-order valence-corrected chi connectivity index (χ2v) is 5.99. The van der Waals surface area contributed by atoms with E-state index in [9.17, 15) is 18.8 Å². The number of halogens is 1. The maximum absolute atomic E-state index is 14.2. The molecule has 1 saturated heterocycles. The van der Waals surface area contributed by atoms with Gasteiger partial charge >= 0.3 is 0 Å². The topological polar surface area (TPSA) is 60.9 Å². The van der Waals surface area contributed by atoms with Crippen LogP contribution in [0.3, 0.4) is 0 Å². The van der Waals surface area contributed by atoms with Crippen molar-refractivity contribution >= 4 is 23.3 Å². The summed E-state index contributed by atoms with van der Waals surface area (Å²) < 4.78 is 14.2. The number of piperazine rings is 1. The number of ketones is 1. The monoisotopic (exact) mass is 347 g/mol. The summed E-state index contributed by atoms with van der Waals surface area (Å²) in [6.07, 6.45) is 1.17. The van der Waals surface area contributed by atoms with Crippen molar-refractivity contribution in [2.24, 2.45) is 0 Å². The molecule has 7 heteroatoms. The highest BCUT2D eigenvalue weighted by atomic mass is 19.1. The Labute approximate surface area is 146 Å². The molecule has 0 aliphatic carbocycles. The number of rotatable bonds is 5. The summed E-state index contributed by atoms with van der Waals surface area (Å²) in [5.41, 5.74) is 0.765. The van der Waals surface area contributed by atoms with Crippen LogP contribution in [0.2, 0.25) is 0 Å². The molecule has 2 amide bonds. The predicted octanol–water partition coefficient (Wildman–Crippen LogP) is 1.32. The third kappa shape index (κ3) is 4.43. The standard InChI is InChI=1S/C18H22FN3O3/c1-4-17(24)20(3)12-18(25)22-9-7-21(8-10-22)16-6-5-14(13(2)23)11-15(16)19/h4-6,11H,1,7-10,12H2,2-3H3. The Morgan fingerprint density at radius 3 is 2.40 bits per heavy atom. The maximum atomic E-state index is 14.2. The summed E-state index contributed by atoms with van der Waals surface area (Å²) in [6.45, 7) is 6.65. The number of amides is 2. The van der Waals surface area contributed by atoms with E-state index in [1.807, 2.05) is 4.90 Å². The van der Waals surface area contributed by atoms with Gasteiger partial charge in [0.05, 0.1) is 12.2 Å². The van der Waals surface area contributed by atoms with Crippen molar-refractivity contribution in [3.05, 3.63) is 42.2 Å². The lowest BCUT2D eigenvalue weighted by Gasteiger charge is -2.36. The smallest absolute Gasteiger partial charge is 0.246 e. The fourth-order valence-corrected chi connectivity index (χ4v) is 2.72. The lowest BCUT2D eigenvalue weighted by Crippen LogP contribution is -2.51. The number of benzene rings is 1. The molecule has 1 aromatic carbocycles. The van der Waals surface area contributed by atoms with E-state index < -0.39 is 5.82 Å². The molecule has 0 radical (unpaired) electrons. The molecule has 1 aliphatic heterocycles. The Morgan fingerprint density at radius 1 is 1.24 bits per heavy atom. The first kappa shape index (κ1) is 18.6. The average Bonchev–Trinajstić information content (AvgIpc) is 2.60. The number of hydrogen-bond donors (Lipinski definition) is 0. The van der Waals surface area contributed by atoms with Gasteiger partial charge in [-0.05, 0) is 31.2 Å². The van der Waals surface area contributed by atoms with Gasteiger partial charge in [0.1, 0.15) is 5.82 Å². The van der Waals surface area contributed by atoms with Gasteiger partial charge in [0.25, 0.3) is 0 Å². The van der Waals surface area contributed by atoms with Crippen molar-refractivity contribution in [2.45, 2.75) is 6.92 Å². The van der Waals surface area contributed by atoms with E-state index in [0.29, 0.717) is 37.4 Å². The van der Waals surface area contributed by atoms with E-state index in [-0.39, 0.29) is 24.1 Å². The molecule has 0 atom stereocenters. The third-order valence-corrected chi connectivity index (χ3v) is 4.25. The van der Waals surface area contributed by atoms with Crippen LogP contribution in [-0.4, -0.2) is 67.2 Å². The molecule has 1 aliphatic rings. The average molecular weight is 347 g/mol. The molecule has 1 fully saturated rings. The van der Waals surface area contributed by atoms with Crippen LogP contribution in [0.25, 0.3) is 0 Å². The van der Waals surface area contributed by atoms with E-state index in [1.165, 1.54) is 24.0 Å². The molecule has 6 nitrogen and oxygen atoms in total. The highest BCUT2D eigenvalue weighted by Gasteiger charge is 2.24. The minimum Gasteiger partial charge on any atom is -0.366 e. The van der Waals surface area contributed by atoms with Gasteiger partial charge in [0.2, 0.25) is 11.8 Å². The largest absolute Gasteiger partial charge is 0.366 e. The van der Waals surface area contributed by atoms with Crippen LogP contribution in [-0.2, 0) is 9.59 Å². The summed E-state index contributed by atoms with van der Waals surface area (Å²) in [7, 11) is 1.55. The zero-order valence-corrected chi connectivity index (χ0v) is 14.5. The Kier molecular flexibility index (Phi) is 5.90. The minimum absolute atomic E-state index is 0.00742. The molecule has 1 heterocycles. The fraction of sp³-hybridized carbons (Fsp3) is 0.389. The fourth-order valence-electron chi connectivity index (χ4n) is 2.72. The summed E-state index contributed by atoms with van der Waals surface area (Å²) >= 11 is 0. The molecular formula is C18H22FN3O3. The number of carbonyl (C=O) groups excluding carboxylic acids is 3. The van der Waals surface area contributed by atoms with Crippen LogP contribution in [0.1, 0.15) is 17.3 Å². The Balaban J connectivity index is 1.95. The first-order valence-electron chi connectivity index (χ1n) is 8.04. The molecule has 2 rings (SSSR count). The molecule has 0 spiro atoms. The van der Waals surface area contributed by atoms with Gasteiger partial charge in [-0.25, -0.2) is 4.39 Å². The number of likely N-dealkylation sites (N-methyl/N-ethyl adjacent to an activating group) is 1. The predicted molar refractivity (Wildman–Crippen MR) is 93.0 cm³/mol. The van der Waals surface area contributed by atoms with Crippen molar-refractivity contribution in [3.63, 3.8) is 0 Å². The van der Waals surface area contributed by atoms with E-state index in [4.69, 9.17) is 0 Å². The van der Waals surface area contributed by atoms with Crippen molar-refractivity contribution in [2.75, 3.05) is 44.7 Å². The molecule has 25 heavy (non-hydrogen) atoms. The molecule has 134 valence electrons. The first-order chi connectivity index (χ1) is 11.8. The quantitative estimate of drug-likeness (QED) is 0.595. The Bertz CT molecular complexity index is 697. The van der Waals surface area contributed by atoms with E-state index in [0.717, 1.165) is 0 Å². The second-order valence-electron chi connectivity index (χ2n) is 5.99. The van der Waals surface area contributed by atoms with E-state index in [2.05, 4.69) is 6.58 Å². The normalized spacial score (nSPS) is 14.2. The number of hydrogen-bond acceptors (Lipinski definition) is 4. The third-order valence-electron chi connectivity index (χ3n) is 4.25. The van der Waals surface area contributed by atoms with Crippen LogP contribution < -0.4 is 4.90 Å². The maximum Gasteiger partial charge on any atom is 0.246 e. The SMILES string of the molecule is C=CC(=O)N(C)CC(=O)N1CCN(c2ccc(C(C)=O)cc2F)CC1. The van der Waals surface area contributed by atoms with Crippen LogP contribution in [0, 0.1) is 5.82 Å². The second kappa shape index (κ2) is 7.92. The lowest BCUT2D eigenvalue weighted by molar-refractivity contribution is -0.137. The van der Waals surface area contributed by atoms with Crippen molar-refractivity contribution in [1.82, 2.24) is 9.80 Å². The van der Waals surface area contributed by atoms with Crippen molar-refractivity contribution < 1.29 is 18.8 Å². The molecule has 0 aromatic heterocycles. The highest BCUT2D eigenvalue weighted by molar-refractivity contribution is 5.94. The van der Waals surface area contributed by atoms with Crippen LogP contribution >= 0.6 is 0 Å². The van der Waals surface area contributed by atoms with Gasteiger partial charge in [-0.1, -0.05) is 6.58 Å². The highest BCUT2D eigenvalue weighted by Crippen LogP contribution is 2.22. The summed E-state index contributed by atoms with van der Waals surface area (Å²) in [6, 6.07) is 4.44. The van der Waals surface area contributed by atoms with Gasteiger partial charge in [0, 0.05) is 38.8 Å². The van der Waals surface area contributed by atoms with Gasteiger partial charge in [-0.3, -0.25) is 14.4 Å². The molecule has 0 saturated carbocycles. The number of carbonyl (C=O) groups is 3. The van der Waals surface area contributed by atoms with E-state index in [1.54, 1.807) is 24.1 Å². The zero-order valence-electron chi connectivity index (χ0n) is 14.5. The van der Waals surface area contributed by atoms with Crippen molar-refractivity contribution in [3.8, 4) is 0 Å². The van der Waals surface area contributed by atoms with E-state index >= 15 is 0 Å². The van der Waals surface area contributed by atoms with Gasteiger partial charge in [0.15, 0.2) is 5.78 Å². The van der Waals surface area contributed by atoms with Gasteiger partial charge in [-0.2, -0.15) is 0 Å². The van der Waals surface area contributed by atoms with Crippen molar-refractivity contribution in [1.29, 1.82) is 0 Å². The van der Waals surface area contributed by atoms with Crippen LogP contribution in [0.5, 0.6) is 0 Å².